The lowest BCUT2D eigenvalue weighted by Gasteiger charge is -2.37. The normalized spacial score (nSPS) is 36.9. The molecule has 0 spiro atoms. The molecule has 3 unspecified atom stereocenters. The maximum absolute atomic E-state index is 5.37. The Labute approximate surface area is 105 Å². The van der Waals surface area contributed by atoms with E-state index in [1.54, 1.807) is 7.11 Å². The molecule has 0 heterocycles. The van der Waals surface area contributed by atoms with Gasteiger partial charge in [-0.25, -0.2) is 0 Å². The summed E-state index contributed by atoms with van der Waals surface area (Å²) in [5.74, 6) is 2.72. The SMILES string of the molecule is COCCNCC1(C(C)COC)CC2CC2C1. The number of ether oxygens (including phenoxy) is 2. The van der Waals surface area contributed by atoms with E-state index in [2.05, 4.69) is 12.2 Å². The van der Waals surface area contributed by atoms with Crippen molar-refractivity contribution >= 4 is 0 Å². The fourth-order valence-corrected chi connectivity index (χ4v) is 3.60. The first-order valence-corrected chi connectivity index (χ1v) is 6.90. The maximum atomic E-state index is 5.37. The molecule has 3 heteroatoms. The smallest absolute Gasteiger partial charge is 0.0587 e. The van der Waals surface area contributed by atoms with E-state index in [0.29, 0.717) is 11.3 Å². The number of hydrogen-bond donors (Lipinski definition) is 1. The van der Waals surface area contributed by atoms with Crippen molar-refractivity contribution in [1.29, 1.82) is 0 Å². The molecule has 2 fully saturated rings. The van der Waals surface area contributed by atoms with Crippen LogP contribution in [0.5, 0.6) is 0 Å². The minimum absolute atomic E-state index is 0.483. The fourth-order valence-electron chi connectivity index (χ4n) is 3.60. The quantitative estimate of drug-likeness (QED) is 0.659. The molecule has 0 aromatic rings. The Kier molecular flexibility index (Phi) is 4.45. The number of methoxy groups -OCH3 is 2. The van der Waals surface area contributed by atoms with Gasteiger partial charge in [-0.05, 0) is 42.4 Å². The lowest BCUT2D eigenvalue weighted by atomic mass is 9.72. The van der Waals surface area contributed by atoms with Gasteiger partial charge in [-0.3, -0.25) is 0 Å². The Balaban J connectivity index is 1.84. The van der Waals surface area contributed by atoms with Crippen LogP contribution in [0.3, 0.4) is 0 Å². The Hall–Kier alpha value is -0.120. The van der Waals surface area contributed by atoms with E-state index < -0.39 is 0 Å². The molecule has 0 aromatic heterocycles. The van der Waals surface area contributed by atoms with Gasteiger partial charge < -0.3 is 14.8 Å². The molecular formula is C14H27NO2. The fraction of sp³-hybridized carbons (Fsp3) is 1.00. The van der Waals surface area contributed by atoms with Crippen molar-refractivity contribution in [2.75, 3.05) is 40.5 Å². The van der Waals surface area contributed by atoms with Crippen molar-refractivity contribution in [2.45, 2.75) is 26.2 Å². The van der Waals surface area contributed by atoms with E-state index in [0.717, 1.165) is 38.1 Å². The summed E-state index contributed by atoms with van der Waals surface area (Å²) in [7, 11) is 3.58. The maximum Gasteiger partial charge on any atom is 0.0587 e. The Morgan fingerprint density at radius 1 is 1.24 bits per heavy atom. The average molecular weight is 241 g/mol. The van der Waals surface area contributed by atoms with Crippen molar-refractivity contribution in [1.82, 2.24) is 5.32 Å². The minimum atomic E-state index is 0.483. The molecule has 0 saturated heterocycles. The third-order valence-electron chi connectivity index (χ3n) is 4.83. The lowest BCUT2D eigenvalue weighted by molar-refractivity contribution is 0.0622. The zero-order chi connectivity index (χ0) is 12.3. The summed E-state index contributed by atoms with van der Waals surface area (Å²) in [6.45, 7) is 6.15. The van der Waals surface area contributed by atoms with E-state index in [1.165, 1.54) is 19.3 Å². The van der Waals surface area contributed by atoms with E-state index in [-0.39, 0.29) is 0 Å². The van der Waals surface area contributed by atoms with E-state index in [1.807, 2.05) is 7.11 Å². The van der Waals surface area contributed by atoms with Gasteiger partial charge in [0.05, 0.1) is 6.61 Å². The third-order valence-corrected chi connectivity index (χ3v) is 4.83. The van der Waals surface area contributed by atoms with Crippen molar-refractivity contribution in [3.8, 4) is 0 Å². The molecule has 2 aliphatic rings. The van der Waals surface area contributed by atoms with E-state index in [9.17, 15) is 0 Å². The van der Waals surface area contributed by atoms with Gasteiger partial charge in [0.25, 0.3) is 0 Å². The first kappa shape index (κ1) is 13.3. The summed E-state index contributed by atoms with van der Waals surface area (Å²) in [6.07, 6.45) is 4.30. The standard InChI is InChI=1S/C14H27NO2/c1-11(9-17-3)14(10-15-4-5-16-2)7-12-6-13(12)8-14/h11-13,15H,4-10H2,1-3H3. The van der Waals surface area contributed by atoms with Gasteiger partial charge >= 0.3 is 0 Å². The molecule has 1 N–H and O–H groups in total. The predicted molar refractivity (Wildman–Crippen MR) is 69.0 cm³/mol. The molecule has 0 aromatic carbocycles. The van der Waals surface area contributed by atoms with Crippen LogP contribution in [0.25, 0.3) is 0 Å². The van der Waals surface area contributed by atoms with Crippen LogP contribution < -0.4 is 5.32 Å². The van der Waals surface area contributed by atoms with Crippen LogP contribution in [0, 0.1) is 23.2 Å². The summed E-state index contributed by atoms with van der Waals surface area (Å²) in [4.78, 5) is 0. The van der Waals surface area contributed by atoms with Gasteiger partial charge in [0.1, 0.15) is 0 Å². The molecule has 17 heavy (non-hydrogen) atoms. The van der Waals surface area contributed by atoms with Gasteiger partial charge in [0.2, 0.25) is 0 Å². The highest BCUT2D eigenvalue weighted by Crippen LogP contribution is 2.62. The average Bonchev–Trinajstić information content (AvgIpc) is 2.93. The van der Waals surface area contributed by atoms with Crippen LogP contribution in [-0.4, -0.2) is 40.5 Å². The number of fused-ring (bicyclic) bond motifs is 1. The highest BCUT2D eigenvalue weighted by atomic mass is 16.5. The molecule has 100 valence electrons. The molecule has 3 nitrogen and oxygen atoms in total. The Morgan fingerprint density at radius 3 is 2.53 bits per heavy atom. The predicted octanol–water partition coefficient (Wildman–Crippen LogP) is 1.92. The van der Waals surface area contributed by atoms with Gasteiger partial charge in [-0.1, -0.05) is 6.92 Å². The van der Waals surface area contributed by atoms with Crippen molar-refractivity contribution < 1.29 is 9.47 Å². The Morgan fingerprint density at radius 2 is 1.94 bits per heavy atom. The Bertz CT molecular complexity index is 234. The highest BCUT2D eigenvalue weighted by Gasteiger charge is 2.55. The van der Waals surface area contributed by atoms with Gasteiger partial charge in [-0.15, -0.1) is 0 Å². The molecule has 2 aliphatic carbocycles. The van der Waals surface area contributed by atoms with E-state index >= 15 is 0 Å². The second kappa shape index (κ2) is 5.68. The zero-order valence-electron chi connectivity index (χ0n) is 11.5. The van der Waals surface area contributed by atoms with Crippen LogP contribution in [0.2, 0.25) is 0 Å². The molecule has 2 rings (SSSR count). The number of hydrogen-bond acceptors (Lipinski definition) is 3. The van der Waals surface area contributed by atoms with Gasteiger partial charge in [0, 0.05) is 33.9 Å². The molecule has 0 amide bonds. The summed E-state index contributed by atoms with van der Waals surface area (Å²) >= 11 is 0. The first-order chi connectivity index (χ1) is 8.22. The summed E-state index contributed by atoms with van der Waals surface area (Å²) < 4.78 is 10.5. The second-order valence-corrected chi connectivity index (χ2v) is 6.05. The molecule has 0 bridgehead atoms. The molecule has 2 saturated carbocycles. The minimum Gasteiger partial charge on any atom is -0.384 e. The summed E-state index contributed by atoms with van der Waals surface area (Å²) in [5, 5.41) is 3.57. The van der Waals surface area contributed by atoms with Crippen LogP contribution in [0.15, 0.2) is 0 Å². The zero-order valence-corrected chi connectivity index (χ0v) is 11.5. The lowest BCUT2D eigenvalue weighted by Crippen LogP contribution is -2.41. The van der Waals surface area contributed by atoms with Crippen molar-refractivity contribution in [2.24, 2.45) is 23.2 Å². The first-order valence-electron chi connectivity index (χ1n) is 6.90. The van der Waals surface area contributed by atoms with Crippen LogP contribution in [0.1, 0.15) is 26.2 Å². The van der Waals surface area contributed by atoms with Crippen molar-refractivity contribution in [3.05, 3.63) is 0 Å². The summed E-state index contributed by atoms with van der Waals surface area (Å²) in [5.41, 5.74) is 0.483. The third kappa shape index (κ3) is 3.01. The monoisotopic (exact) mass is 241 g/mol. The van der Waals surface area contributed by atoms with Gasteiger partial charge in [-0.2, -0.15) is 0 Å². The van der Waals surface area contributed by atoms with E-state index in [4.69, 9.17) is 9.47 Å². The van der Waals surface area contributed by atoms with Crippen LogP contribution in [0.4, 0.5) is 0 Å². The largest absolute Gasteiger partial charge is 0.384 e. The second-order valence-electron chi connectivity index (χ2n) is 6.05. The summed E-state index contributed by atoms with van der Waals surface area (Å²) in [6, 6.07) is 0. The molecule has 3 atom stereocenters. The highest BCUT2D eigenvalue weighted by molar-refractivity contribution is 5.05. The van der Waals surface area contributed by atoms with Crippen LogP contribution in [-0.2, 0) is 9.47 Å². The number of rotatable bonds is 8. The van der Waals surface area contributed by atoms with Crippen LogP contribution >= 0.6 is 0 Å². The topological polar surface area (TPSA) is 30.5 Å². The molecule has 0 radical (unpaired) electrons. The molecular weight excluding hydrogens is 214 g/mol. The van der Waals surface area contributed by atoms with Gasteiger partial charge in [0.15, 0.2) is 0 Å². The number of nitrogens with one attached hydrogen (secondary N) is 1. The molecule has 0 aliphatic heterocycles. The van der Waals surface area contributed by atoms with Crippen molar-refractivity contribution in [3.63, 3.8) is 0 Å².